The van der Waals surface area contributed by atoms with Gasteiger partial charge >= 0.3 is 5.97 Å². The van der Waals surface area contributed by atoms with E-state index in [1.165, 1.54) is 0 Å². The number of amides is 1. The Morgan fingerprint density at radius 2 is 1.88 bits per heavy atom. The van der Waals surface area contributed by atoms with Gasteiger partial charge in [0, 0.05) is 52.9 Å². The lowest BCUT2D eigenvalue weighted by molar-refractivity contribution is -0.124. The summed E-state index contributed by atoms with van der Waals surface area (Å²) in [5, 5.41) is 4.13. The molecular formula is C26H28ClN3O3. The van der Waals surface area contributed by atoms with E-state index in [0.717, 1.165) is 35.1 Å². The third kappa shape index (κ3) is 5.02. The number of esters is 1. The molecule has 3 aromatic rings. The SMILES string of the molecule is CCC(OC(=O)c1c2c(nc3ccccc13)CCN(C(C)C)C2)C(=O)Nc1ccc(Cl)cc1. The minimum absolute atomic E-state index is 0.349. The van der Waals surface area contributed by atoms with Crippen molar-refractivity contribution in [3.63, 3.8) is 0 Å². The summed E-state index contributed by atoms with van der Waals surface area (Å²) in [6, 6.07) is 14.8. The van der Waals surface area contributed by atoms with Crippen LogP contribution in [0.1, 0.15) is 48.8 Å². The van der Waals surface area contributed by atoms with Crippen molar-refractivity contribution in [2.75, 3.05) is 11.9 Å². The number of fused-ring (bicyclic) bond motifs is 2. The molecule has 1 unspecified atom stereocenters. The minimum Gasteiger partial charge on any atom is -0.449 e. The molecule has 2 heterocycles. The van der Waals surface area contributed by atoms with E-state index in [2.05, 4.69) is 24.1 Å². The number of hydrogen-bond acceptors (Lipinski definition) is 5. The highest BCUT2D eigenvalue weighted by atomic mass is 35.5. The second-order valence-electron chi connectivity index (χ2n) is 8.54. The molecule has 7 heteroatoms. The summed E-state index contributed by atoms with van der Waals surface area (Å²) in [7, 11) is 0. The van der Waals surface area contributed by atoms with Gasteiger partial charge in [-0.15, -0.1) is 0 Å². The Balaban J connectivity index is 1.64. The summed E-state index contributed by atoms with van der Waals surface area (Å²) < 4.78 is 5.79. The van der Waals surface area contributed by atoms with Crippen LogP contribution < -0.4 is 5.32 Å². The normalized spacial score (nSPS) is 14.7. The maximum Gasteiger partial charge on any atom is 0.340 e. The third-order valence-corrected chi connectivity index (χ3v) is 6.29. The molecule has 1 aliphatic rings. The molecule has 0 spiro atoms. The number of carbonyl (C=O) groups excluding carboxylic acids is 2. The lowest BCUT2D eigenvalue weighted by Gasteiger charge is -2.32. The van der Waals surface area contributed by atoms with E-state index in [0.29, 0.717) is 35.3 Å². The third-order valence-electron chi connectivity index (χ3n) is 6.03. The lowest BCUT2D eigenvalue weighted by atomic mass is 9.95. The molecule has 0 saturated heterocycles. The molecule has 1 N–H and O–H groups in total. The summed E-state index contributed by atoms with van der Waals surface area (Å²) in [6.45, 7) is 7.63. The molecule has 1 aliphatic heterocycles. The summed E-state index contributed by atoms with van der Waals surface area (Å²) in [5.74, 6) is -0.863. The van der Waals surface area contributed by atoms with Crippen LogP contribution in [0.15, 0.2) is 48.5 Å². The van der Waals surface area contributed by atoms with E-state index in [1.54, 1.807) is 24.3 Å². The Hall–Kier alpha value is -2.96. The number of nitrogens with zero attached hydrogens (tertiary/aromatic N) is 2. The molecule has 1 atom stereocenters. The Kier molecular flexibility index (Phi) is 6.96. The van der Waals surface area contributed by atoms with E-state index >= 15 is 0 Å². The van der Waals surface area contributed by atoms with Gasteiger partial charge in [0.25, 0.3) is 5.91 Å². The molecule has 33 heavy (non-hydrogen) atoms. The van der Waals surface area contributed by atoms with Gasteiger partial charge in [0.15, 0.2) is 6.10 Å². The topological polar surface area (TPSA) is 71.5 Å². The highest BCUT2D eigenvalue weighted by Gasteiger charge is 2.30. The number of para-hydroxylation sites is 1. The van der Waals surface area contributed by atoms with E-state index in [9.17, 15) is 9.59 Å². The van der Waals surface area contributed by atoms with Gasteiger partial charge in [-0.05, 0) is 50.6 Å². The van der Waals surface area contributed by atoms with E-state index in [4.69, 9.17) is 21.3 Å². The maximum absolute atomic E-state index is 13.5. The summed E-state index contributed by atoms with van der Waals surface area (Å²) >= 11 is 5.92. The van der Waals surface area contributed by atoms with Crippen LogP contribution in [0.2, 0.25) is 5.02 Å². The van der Waals surface area contributed by atoms with Gasteiger partial charge in [-0.1, -0.05) is 36.7 Å². The van der Waals surface area contributed by atoms with Gasteiger partial charge < -0.3 is 10.1 Å². The minimum atomic E-state index is -0.916. The molecule has 0 saturated carbocycles. The summed E-state index contributed by atoms with van der Waals surface area (Å²) in [6.07, 6.45) is 0.210. The Morgan fingerprint density at radius 3 is 2.58 bits per heavy atom. The lowest BCUT2D eigenvalue weighted by Crippen LogP contribution is -2.38. The number of hydrogen-bond donors (Lipinski definition) is 1. The average molecular weight is 466 g/mol. The second-order valence-corrected chi connectivity index (χ2v) is 8.98. The average Bonchev–Trinajstić information content (AvgIpc) is 2.81. The maximum atomic E-state index is 13.5. The van der Waals surface area contributed by atoms with E-state index < -0.39 is 12.1 Å². The van der Waals surface area contributed by atoms with Crippen LogP contribution in [0, 0.1) is 0 Å². The van der Waals surface area contributed by atoms with Crippen LogP contribution in [-0.4, -0.2) is 40.5 Å². The number of aromatic nitrogens is 1. The Bertz CT molecular complexity index is 1180. The molecule has 6 nitrogen and oxygen atoms in total. The van der Waals surface area contributed by atoms with Crippen LogP contribution >= 0.6 is 11.6 Å². The van der Waals surface area contributed by atoms with Crippen molar-refractivity contribution in [2.45, 2.75) is 52.3 Å². The highest BCUT2D eigenvalue weighted by Crippen LogP contribution is 2.30. The highest BCUT2D eigenvalue weighted by molar-refractivity contribution is 6.30. The molecule has 2 aromatic carbocycles. The first-order valence-corrected chi connectivity index (χ1v) is 11.7. The number of ether oxygens (including phenoxy) is 1. The van der Waals surface area contributed by atoms with Crippen LogP contribution in [0.25, 0.3) is 10.9 Å². The van der Waals surface area contributed by atoms with Crippen LogP contribution in [-0.2, 0) is 22.5 Å². The number of pyridine rings is 1. The second kappa shape index (κ2) is 9.89. The Morgan fingerprint density at radius 1 is 1.15 bits per heavy atom. The molecular weight excluding hydrogens is 438 g/mol. The van der Waals surface area contributed by atoms with Crippen LogP contribution in [0.5, 0.6) is 0 Å². The summed E-state index contributed by atoms with van der Waals surface area (Å²) in [4.78, 5) is 33.5. The largest absolute Gasteiger partial charge is 0.449 e. The molecule has 1 aromatic heterocycles. The monoisotopic (exact) mass is 465 g/mol. The number of carbonyl (C=O) groups is 2. The van der Waals surface area contributed by atoms with Crippen molar-refractivity contribution < 1.29 is 14.3 Å². The van der Waals surface area contributed by atoms with Crippen molar-refractivity contribution in [3.05, 3.63) is 70.4 Å². The van der Waals surface area contributed by atoms with Gasteiger partial charge in [0.2, 0.25) is 0 Å². The molecule has 4 rings (SSSR count). The van der Waals surface area contributed by atoms with Crippen molar-refractivity contribution in [3.8, 4) is 0 Å². The number of halogens is 1. The zero-order valence-corrected chi connectivity index (χ0v) is 19.9. The first-order valence-electron chi connectivity index (χ1n) is 11.3. The number of anilines is 1. The Labute approximate surface area is 198 Å². The fourth-order valence-electron chi connectivity index (χ4n) is 4.15. The van der Waals surface area contributed by atoms with Crippen molar-refractivity contribution >= 4 is 40.1 Å². The van der Waals surface area contributed by atoms with E-state index in [1.807, 2.05) is 31.2 Å². The number of rotatable bonds is 6. The first kappa shape index (κ1) is 23.2. The van der Waals surface area contributed by atoms with Gasteiger partial charge in [-0.25, -0.2) is 4.79 Å². The molecule has 0 fully saturated rings. The van der Waals surface area contributed by atoms with Gasteiger partial charge in [-0.3, -0.25) is 14.7 Å². The zero-order chi connectivity index (χ0) is 23.5. The smallest absolute Gasteiger partial charge is 0.340 e. The zero-order valence-electron chi connectivity index (χ0n) is 19.1. The van der Waals surface area contributed by atoms with Crippen molar-refractivity contribution in [1.29, 1.82) is 0 Å². The fourth-order valence-corrected chi connectivity index (χ4v) is 4.28. The predicted octanol–water partition coefficient (Wildman–Crippen LogP) is 5.23. The molecule has 0 bridgehead atoms. The number of nitrogens with one attached hydrogen (secondary N) is 1. The predicted molar refractivity (Wildman–Crippen MR) is 131 cm³/mol. The van der Waals surface area contributed by atoms with Crippen molar-refractivity contribution in [1.82, 2.24) is 9.88 Å². The van der Waals surface area contributed by atoms with Crippen LogP contribution in [0.3, 0.4) is 0 Å². The van der Waals surface area contributed by atoms with Gasteiger partial charge in [0.05, 0.1) is 11.1 Å². The van der Waals surface area contributed by atoms with Gasteiger partial charge in [0.1, 0.15) is 0 Å². The number of benzene rings is 2. The fraction of sp³-hybridized carbons (Fsp3) is 0.346. The molecule has 172 valence electrons. The van der Waals surface area contributed by atoms with Crippen LogP contribution in [0.4, 0.5) is 5.69 Å². The van der Waals surface area contributed by atoms with Crippen molar-refractivity contribution in [2.24, 2.45) is 0 Å². The standard InChI is InChI=1S/C26H28ClN3O3/c1-4-23(25(31)28-18-11-9-17(27)10-12-18)33-26(32)24-19-7-5-6-8-21(19)29-22-13-14-30(16(2)3)15-20(22)24/h5-12,16,23H,4,13-15H2,1-3H3,(H,28,31). The molecule has 1 amide bonds. The van der Waals surface area contributed by atoms with E-state index in [-0.39, 0.29) is 5.91 Å². The molecule has 0 radical (unpaired) electrons. The molecule has 0 aliphatic carbocycles. The quantitative estimate of drug-likeness (QED) is 0.505. The van der Waals surface area contributed by atoms with Gasteiger partial charge in [-0.2, -0.15) is 0 Å². The first-order chi connectivity index (χ1) is 15.9. The summed E-state index contributed by atoms with van der Waals surface area (Å²) in [5.41, 5.74) is 3.69.